The molecule has 6 rings (SSSR count). The predicted octanol–water partition coefficient (Wildman–Crippen LogP) is 3.87. The standard InChI is InChI=1S/C24H29NO5/c1-15(20-7-18-4-2-3-5-19(18)30-20)25-21(26)13-29-22(27)12-23-8-16-6-17(9-23)11-24(28,10-16)14-23/h2-5,7,15-17,28H,6,8-14H2,1H3,(H,25,26)/t15-,16-,17+,23?,24?/m1/s1. The summed E-state index contributed by atoms with van der Waals surface area (Å²) < 4.78 is 11.1. The van der Waals surface area contributed by atoms with Gasteiger partial charge in [0, 0.05) is 5.39 Å². The SMILES string of the molecule is C[C@@H](NC(=O)COC(=O)CC12C[C@@H]3C[C@@H](CC(O)(C3)C1)C2)c1cc2ccccc2o1. The molecule has 0 saturated heterocycles. The summed E-state index contributed by atoms with van der Waals surface area (Å²) in [6.07, 6.45) is 5.92. The number of fused-ring (bicyclic) bond motifs is 1. The van der Waals surface area contributed by atoms with Crippen molar-refractivity contribution >= 4 is 22.8 Å². The van der Waals surface area contributed by atoms with Crippen molar-refractivity contribution in [2.45, 2.75) is 63.5 Å². The third-order valence-electron chi connectivity index (χ3n) is 7.28. The summed E-state index contributed by atoms with van der Waals surface area (Å²) in [4.78, 5) is 24.8. The van der Waals surface area contributed by atoms with Gasteiger partial charge in [-0.3, -0.25) is 9.59 Å². The first-order valence-electron chi connectivity index (χ1n) is 11.0. The molecular weight excluding hydrogens is 382 g/mol. The minimum absolute atomic E-state index is 0.145. The Labute approximate surface area is 176 Å². The van der Waals surface area contributed by atoms with Crippen molar-refractivity contribution in [3.63, 3.8) is 0 Å². The zero-order chi connectivity index (χ0) is 20.9. The van der Waals surface area contributed by atoms with E-state index < -0.39 is 5.60 Å². The van der Waals surface area contributed by atoms with Crippen molar-refractivity contribution in [1.82, 2.24) is 5.32 Å². The summed E-state index contributed by atoms with van der Waals surface area (Å²) in [6, 6.07) is 9.27. The summed E-state index contributed by atoms with van der Waals surface area (Å²) in [5.41, 5.74) is 0.0369. The molecule has 4 saturated carbocycles. The highest BCUT2D eigenvalue weighted by molar-refractivity contribution is 5.81. The fourth-order valence-electron chi connectivity index (χ4n) is 6.68. The monoisotopic (exact) mass is 411 g/mol. The fraction of sp³-hybridized carbons (Fsp3) is 0.583. The normalized spacial score (nSPS) is 32.9. The van der Waals surface area contributed by atoms with E-state index in [9.17, 15) is 14.7 Å². The van der Waals surface area contributed by atoms with Gasteiger partial charge in [0.2, 0.25) is 0 Å². The van der Waals surface area contributed by atoms with Gasteiger partial charge in [-0.25, -0.2) is 0 Å². The number of hydrogen-bond acceptors (Lipinski definition) is 5. The first kappa shape index (κ1) is 19.6. The minimum Gasteiger partial charge on any atom is -0.459 e. The molecule has 0 radical (unpaired) electrons. The molecule has 4 aliphatic rings. The average molecular weight is 411 g/mol. The zero-order valence-electron chi connectivity index (χ0n) is 17.4. The Kier molecular flexibility index (Phi) is 4.65. The number of rotatable bonds is 6. The molecule has 6 nitrogen and oxygen atoms in total. The molecule has 30 heavy (non-hydrogen) atoms. The van der Waals surface area contributed by atoms with Gasteiger partial charge in [0.1, 0.15) is 11.3 Å². The minimum atomic E-state index is -0.593. The third-order valence-corrected chi connectivity index (χ3v) is 7.28. The van der Waals surface area contributed by atoms with Crippen molar-refractivity contribution in [2.24, 2.45) is 17.3 Å². The zero-order valence-corrected chi connectivity index (χ0v) is 17.4. The molecule has 4 fully saturated rings. The van der Waals surface area contributed by atoms with Gasteiger partial charge in [0.05, 0.1) is 18.1 Å². The van der Waals surface area contributed by atoms with Crippen molar-refractivity contribution in [3.05, 3.63) is 36.1 Å². The van der Waals surface area contributed by atoms with Crippen molar-refractivity contribution < 1.29 is 23.8 Å². The molecule has 6 heteroatoms. The maximum absolute atomic E-state index is 12.5. The number of esters is 1. The van der Waals surface area contributed by atoms with Crippen LogP contribution in [0, 0.1) is 17.3 Å². The Morgan fingerprint density at radius 1 is 1.23 bits per heavy atom. The second-order valence-corrected chi connectivity index (χ2v) is 10.00. The van der Waals surface area contributed by atoms with Crippen molar-refractivity contribution in [2.75, 3.05) is 6.61 Å². The molecular formula is C24H29NO5. The molecule has 160 valence electrons. The van der Waals surface area contributed by atoms with Crippen LogP contribution >= 0.6 is 0 Å². The fourth-order valence-corrected chi connectivity index (χ4v) is 6.68. The van der Waals surface area contributed by atoms with E-state index in [1.807, 2.05) is 37.3 Å². The lowest BCUT2D eigenvalue weighted by molar-refractivity contribution is -0.177. The Morgan fingerprint density at radius 3 is 2.67 bits per heavy atom. The molecule has 2 N–H and O–H groups in total. The lowest BCUT2D eigenvalue weighted by Crippen LogP contribution is -2.56. The largest absolute Gasteiger partial charge is 0.459 e. The van der Waals surface area contributed by atoms with Crippen molar-refractivity contribution in [3.8, 4) is 0 Å². The highest BCUT2D eigenvalue weighted by atomic mass is 16.5. The van der Waals surface area contributed by atoms with E-state index in [2.05, 4.69) is 5.32 Å². The van der Waals surface area contributed by atoms with Crippen LogP contribution in [-0.2, 0) is 14.3 Å². The number of carbonyl (C=O) groups excluding carboxylic acids is 2. The van der Waals surface area contributed by atoms with Gasteiger partial charge in [-0.1, -0.05) is 18.2 Å². The van der Waals surface area contributed by atoms with Gasteiger partial charge >= 0.3 is 5.97 Å². The van der Waals surface area contributed by atoms with Gasteiger partial charge in [-0.05, 0) is 74.8 Å². The number of furan rings is 1. The molecule has 1 aromatic heterocycles. The van der Waals surface area contributed by atoms with Crippen LogP contribution in [0.5, 0.6) is 0 Å². The molecule has 2 unspecified atom stereocenters. The summed E-state index contributed by atoms with van der Waals surface area (Å²) >= 11 is 0. The van der Waals surface area contributed by atoms with E-state index in [0.717, 1.165) is 36.7 Å². The van der Waals surface area contributed by atoms with E-state index in [4.69, 9.17) is 9.15 Å². The summed E-state index contributed by atoms with van der Waals surface area (Å²) in [5.74, 6) is 1.03. The van der Waals surface area contributed by atoms with E-state index >= 15 is 0 Å². The van der Waals surface area contributed by atoms with E-state index in [1.54, 1.807) is 0 Å². The van der Waals surface area contributed by atoms with Crippen LogP contribution in [0.3, 0.4) is 0 Å². The Morgan fingerprint density at radius 2 is 1.97 bits per heavy atom. The first-order chi connectivity index (χ1) is 14.3. The third kappa shape index (κ3) is 3.73. The molecule has 4 aliphatic carbocycles. The number of benzene rings is 1. The summed E-state index contributed by atoms with van der Waals surface area (Å²) in [6.45, 7) is 1.55. The highest BCUT2D eigenvalue weighted by Crippen LogP contribution is 2.62. The molecule has 2 aromatic rings. The summed E-state index contributed by atoms with van der Waals surface area (Å²) in [5, 5.41) is 14.6. The first-order valence-corrected chi connectivity index (χ1v) is 11.0. The number of hydrogen-bond donors (Lipinski definition) is 2. The second-order valence-electron chi connectivity index (χ2n) is 10.00. The van der Waals surface area contributed by atoms with Crippen LogP contribution in [-0.4, -0.2) is 29.2 Å². The van der Waals surface area contributed by atoms with E-state index in [1.165, 1.54) is 6.42 Å². The van der Waals surface area contributed by atoms with Crippen LogP contribution in [0.2, 0.25) is 0 Å². The number of amides is 1. The van der Waals surface area contributed by atoms with E-state index in [-0.39, 0.29) is 29.9 Å². The molecule has 0 aliphatic heterocycles. The summed E-state index contributed by atoms with van der Waals surface area (Å²) in [7, 11) is 0. The smallest absolute Gasteiger partial charge is 0.306 e. The number of para-hydroxylation sites is 1. The van der Waals surface area contributed by atoms with Crippen LogP contribution < -0.4 is 5.32 Å². The number of nitrogens with one attached hydrogen (secondary N) is 1. The van der Waals surface area contributed by atoms with Gasteiger partial charge in [0.15, 0.2) is 6.61 Å². The quantitative estimate of drug-likeness (QED) is 0.705. The van der Waals surface area contributed by atoms with Crippen LogP contribution in [0.15, 0.2) is 34.7 Å². The van der Waals surface area contributed by atoms with Crippen molar-refractivity contribution in [1.29, 1.82) is 0 Å². The lowest BCUT2D eigenvalue weighted by atomic mass is 9.47. The van der Waals surface area contributed by atoms with E-state index in [0.29, 0.717) is 30.4 Å². The van der Waals surface area contributed by atoms with Gasteiger partial charge in [-0.15, -0.1) is 0 Å². The van der Waals surface area contributed by atoms with Crippen LogP contribution in [0.4, 0.5) is 0 Å². The van der Waals surface area contributed by atoms with Crippen LogP contribution in [0.25, 0.3) is 11.0 Å². The lowest BCUT2D eigenvalue weighted by Gasteiger charge is -2.60. The molecule has 1 heterocycles. The molecule has 5 atom stereocenters. The number of ether oxygens (including phenoxy) is 1. The molecule has 0 spiro atoms. The second kappa shape index (κ2) is 7.12. The Balaban J connectivity index is 1.13. The number of carbonyl (C=O) groups is 2. The van der Waals surface area contributed by atoms with Gasteiger partial charge in [0.25, 0.3) is 5.91 Å². The Hall–Kier alpha value is -2.34. The van der Waals surface area contributed by atoms with Gasteiger partial charge in [-0.2, -0.15) is 0 Å². The Bertz CT molecular complexity index is 932. The maximum atomic E-state index is 12.5. The predicted molar refractivity (Wildman–Crippen MR) is 110 cm³/mol. The number of aliphatic hydroxyl groups is 1. The van der Waals surface area contributed by atoms with Gasteiger partial charge < -0.3 is 19.6 Å². The van der Waals surface area contributed by atoms with Crippen LogP contribution in [0.1, 0.15) is 63.7 Å². The highest BCUT2D eigenvalue weighted by Gasteiger charge is 2.57. The maximum Gasteiger partial charge on any atom is 0.306 e. The average Bonchev–Trinajstić information content (AvgIpc) is 3.08. The molecule has 1 aromatic carbocycles. The molecule has 1 amide bonds. The topological polar surface area (TPSA) is 88.8 Å². The molecule has 4 bridgehead atoms.